The molecule has 2 heteroatoms. The summed E-state index contributed by atoms with van der Waals surface area (Å²) in [5.74, 6) is 0. The lowest BCUT2D eigenvalue weighted by Crippen LogP contribution is -2.43. The van der Waals surface area contributed by atoms with Gasteiger partial charge < -0.3 is 5.73 Å². The Morgan fingerprint density at radius 1 is 0.913 bits per heavy atom. The van der Waals surface area contributed by atoms with Crippen LogP contribution in [-0.4, -0.2) is 11.8 Å². The van der Waals surface area contributed by atoms with Crippen LogP contribution in [0.5, 0.6) is 0 Å². The fraction of sp³-hybridized carbons (Fsp3) is 0.381. The zero-order valence-electron chi connectivity index (χ0n) is 13.7. The van der Waals surface area contributed by atoms with E-state index in [1.165, 1.54) is 30.4 Å². The minimum Gasteiger partial charge on any atom is -0.321 e. The van der Waals surface area contributed by atoms with Gasteiger partial charge in [0.2, 0.25) is 0 Å². The second-order valence-corrected chi connectivity index (χ2v) is 6.69. The fourth-order valence-electron chi connectivity index (χ4n) is 3.35. The summed E-state index contributed by atoms with van der Waals surface area (Å²) in [4.78, 5) is 4.93. The Morgan fingerprint density at radius 3 is 2.17 bits per heavy atom. The third kappa shape index (κ3) is 4.52. The molecule has 1 aliphatic carbocycles. The number of rotatable bonds is 5. The minimum absolute atomic E-state index is 0.140. The molecule has 2 nitrogen and oxygen atoms in total. The van der Waals surface area contributed by atoms with Crippen molar-refractivity contribution in [3.8, 4) is 0 Å². The number of benzene rings is 2. The first kappa shape index (κ1) is 15.9. The molecule has 0 saturated heterocycles. The quantitative estimate of drug-likeness (QED) is 0.799. The van der Waals surface area contributed by atoms with Crippen LogP contribution in [0.2, 0.25) is 0 Å². The standard InChI is InChI=1S/C21H26N2/c22-21(14-8-3-9-15-21)17-23-20(19-12-6-2-7-13-19)16-18-10-4-1-5-11-18/h1-2,4-7,10-13,17,20H,3,8-9,14-16,22H2. The maximum atomic E-state index is 6.53. The van der Waals surface area contributed by atoms with Crippen molar-refractivity contribution in [2.45, 2.75) is 50.1 Å². The summed E-state index contributed by atoms with van der Waals surface area (Å²) < 4.78 is 0. The van der Waals surface area contributed by atoms with Gasteiger partial charge in [0.1, 0.15) is 0 Å². The van der Waals surface area contributed by atoms with E-state index >= 15 is 0 Å². The van der Waals surface area contributed by atoms with E-state index < -0.39 is 0 Å². The van der Waals surface area contributed by atoms with E-state index in [2.05, 4.69) is 60.7 Å². The van der Waals surface area contributed by atoms with E-state index in [1.54, 1.807) is 0 Å². The number of hydrogen-bond donors (Lipinski definition) is 1. The summed E-state index contributed by atoms with van der Waals surface area (Å²) in [5.41, 5.74) is 8.89. The van der Waals surface area contributed by atoms with E-state index in [1.807, 2.05) is 6.21 Å². The zero-order chi connectivity index (χ0) is 16.0. The number of aliphatic imine (C=N–C) groups is 1. The van der Waals surface area contributed by atoms with Gasteiger partial charge in [-0.2, -0.15) is 0 Å². The van der Waals surface area contributed by atoms with E-state index in [4.69, 9.17) is 10.7 Å². The molecule has 1 aliphatic rings. The molecule has 0 aromatic heterocycles. The van der Waals surface area contributed by atoms with Crippen molar-refractivity contribution >= 4 is 6.21 Å². The van der Waals surface area contributed by atoms with Crippen LogP contribution >= 0.6 is 0 Å². The Bertz CT molecular complexity index is 613. The minimum atomic E-state index is -0.206. The topological polar surface area (TPSA) is 38.4 Å². The van der Waals surface area contributed by atoms with Gasteiger partial charge >= 0.3 is 0 Å². The molecule has 2 N–H and O–H groups in total. The molecule has 0 heterocycles. The maximum absolute atomic E-state index is 6.53. The van der Waals surface area contributed by atoms with Gasteiger partial charge in [0.15, 0.2) is 0 Å². The van der Waals surface area contributed by atoms with Crippen molar-refractivity contribution in [3.05, 3.63) is 71.8 Å². The molecule has 23 heavy (non-hydrogen) atoms. The largest absolute Gasteiger partial charge is 0.321 e. The van der Waals surface area contributed by atoms with Gasteiger partial charge in [0, 0.05) is 6.21 Å². The van der Waals surface area contributed by atoms with Gasteiger partial charge in [0.25, 0.3) is 0 Å². The molecular formula is C21H26N2. The van der Waals surface area contributed by atoms with E-state index in [-0.39, 0.29) is 11.6 Å². The summed E-state index contributed by atoms with van der Waals surface area (Å²) in [7, 11) is 0. The molecule has 120 valence electrons. The highest BCUT2D eigenvalue weighted by Crippen LogP contribution is 2.27. The van der Waals surface area contributed by atoms with E-state index in [0.29, 0.717) is 0 Å². The molecule has 0 radical (unpaired) electrons. The highest BCUT2D eigenvalue weighted by Gasteiger charge is 2.25. The molecule has 2 aromatic rings. The zero-order valence-corrected chi connectivity index (χ0v) is 13.7. The Hall–Kier alpha value is -1.93. The molecule has 0 bridgehead atoms. The monoisotopic (exact) mass is 306 g/mol. The highest BCUT2D eigenvalue weighted by atomic mass is 14.8. The molecule has 0 aliphatic heterocycles. The average Bonchev–Trinajstić information content (AvgIpc) is 2.61. The SMILES string of the molecule is NC1(C=NC(Cc2ccccc2)c2ccccc2)CCCCC1. The van der Waals surface area contributed by atoms with Crippen molar-refractivity contribution in [2.75, 3.05) is 0 Å². The van der Waals surface area contributed by atoms with Crippen molar-refractivity contribution < 1.29 is 0 Å². The van der Waals surface area contributed by atoms with Crippen LogP contribution in [0.3, 0.4) is 0 Å². The van der Waals surface area contributed by atoms with Crippen molar-refractivity contribution in [3.63, 3.8) is 0 Å². The van der Waals surface area contributed by atoms with Gasteiger partial charge in [-0.05, 0) is 30.4 Å². The van der Waals surface area contributed by atoms with Crippen LogP contribution in [-0.2, 0) is 6.42 Å². The first-order valence-electron chi connectivity index (χ1n) is 8.67. The molecule has 3 rings (SSSR count). The van der Waals surface area contributed by atoms with Gasteiger partial charge in [-0.1, -0.05) is 79.9 Å². The second kappa shape index (κ2) is 7.56. The molecule has 0 spiro atoms. The molecule has 1 atom stereocenters. The van der Waals surface area contributed by atoms with Crippen molar-refractivity contribution in [1.29, 1.82) is 0 Å². The van der Waals surface area contributed by atoms with Crippen LogP contribution < -0.4 is 5.73 Å². The summed E-state index contributed by atoms with van der Waals surface area (Å²) in [6, 6.07) is 21.3. The number of nitrogens with two attached hydrogens (primary N) is 1. The number of nitrogens with zero attached hydrogens (tertiary/aromatic N) is 1. The lowest BCUT2D eigenvalue weighted by atomic mass is 9.83. The first-order chi connectivity index (χ1) is 11.3. The van der Waals surface area contributed by atoms with Gasteiger partial charge in [-0.15, -0.1) is 0 Å². The Kier molecular flexibility index (Phi) is 5.24. The normalized spacial score (nSPS) is 18.8. The lowest BCUT2D eigenvalue weighted by Gasteiger charge is -2.30. The Morgan fingerprint density at radius 2 is 1.52 bits per heavy atom. The van der Waals surface area contributed by atoms with E-state index in [0.717, 1.165) is 19.3 Å². The first-order valence-corrected chi connectivity index (χ1v) is 8.67. The van der Waals surface area contributed by atoms with Crippen LogP contribution in [0.15, 0.2) is 65.7 Å². The van der Waals surface area contributed by atoms with Crippen LogP contribution in [0.1, 0.15) is 49.3 Å². The number of hydrogen-bond acceptors (Lipinski definition) is 2. The smallest absolute Gasteiger partial charge is 0.0786 e. The van der Waals surface area contributed by atoms with E-state index in [9.17, 15) is 0 Å². The van der Waals surface area contributed by atoms with Crippen LogP contribution in [0, 0.1) is 0 Å². The molecule has 1 fully saturated rings. The van der Waals surface area contributed by atoms with Crippen molar-refractivity contribution in [1.82, 2.24) is 0 Å². The molecule has 0 amide bonds. The maximum Gasteiger partial charge on any atom is 0.0786 e. The van der Waals surface area contributed by atoms with Crippen molar-refractivity contribution in [2.24, 2.45) is 10.7 Å². The van der Waals surface area contributed by atoms with Gasteiger partial charge in [-0.25, -0.2) is 0 Å². The van der Waals surface area contributed by atoms with Gasteiger partial charge in [-0.3, -0.25) is 4.99 Å². The lowest BCUT2D eigenvalue weighted by molar-refractivity contribution is 0.385. The summed E-state index contributed by atoms with van der Waals surface area (Å²) in [5, 5.41) is 0. The average molecular weight is 306 g/mol. The summed E-state index contributed by atoms with van der Waals surface area (Å²) in [6.07, 6.45) is 8.82. The summed E-state index contributed by atoms with van der Waals surface area (Å²) >= 11 is 0. The van der Waals surface area contributed by atoms with Crippen LogP contribution in [0.4, 0.5) is 0 Å². The Balaban J connectivity index is 1.80. The fourth-order valence-corrected chi connectivity index (χ4v) is 3.35. The molecule has 2 aromatic carbocycles. The molecular weight excluding hydrogens is 280 g/mol. The molecule has 1 unspecified atom stereocenters. The highest BCUT2D eigenvalue weighted by molar-refractivity contribution is 5.70. The van der Waals surface area contributed by atoms with Gasteiger partial charge in [0.05, 0.1) is 11.6 Å². The predicted molar refractivity (Wildman–Crippen MR) is 97.8 cm³/mol. The third-order valence-corrected chi connectivity index (χ3v) is 4.75. The second-order valence-electron chi connectivity index (χ2n) is 6.69. The predicted octanol–water partition coefficient (Wildman–Crippen LogP) is 4.70. The Labute approximate surface area is 139 Å². The summed E-state index contributed by atoms with van der Waals surface area (Å²) in [6.45, 7) is 0. The molecule has 1 saturated carbocycles. The third-order valence-electron chi connectivity index (χ3n) is 4.75. The van der Waals surface area contributed by atoms with Crippen LogP contribution in [0.25, 0.3) is 0 Å².